The first-order valence-electron chi connectivity index (χ1n) is 5.09. The van der Waals surface area contributed by atoms with Crippen LogP contribution in [0.5, 0.6) is 5.75 Å². The van der Waals surface area contributed by atoms with Gasteiger partial charge in [-0.2, -0.15) is 13.2 Å². The summed E-state index contributed by atoms with van der Waals surface area (Å²) in [5.41, 5.74) is -0.806. The SMILES string of the molecule is CCOc1ccc2nc(Cl)c(C(F)(F)F)nc2c1. The fourth-order valence-electron chi connectivity index (χ4n) is 1.45. The number of hydrogen-bond acceptors (Lipinski definition) is 3. The van der Waals surface area contributed by atoms with Gasteiger partial charge in [-0.15, -0.1) is 0 Å². The second kappa shape index (κ2) is 4.61. The zero-order chi connectivity index (χ0) is 13.3. The van der Waals surface area contributed by atoms with Gasteiger partial charge in [-0.1, -0.05) is 11.6 Å². The summed E-state index contributed by atoms with van der Waals surface area (Å²) in [6.45, 7) is 2.19. The van der Waals surface area contributed by atoms with Gasteiger partial charge < -0.3 is 4.74 Å². The molecule has 0 saturated heterocycles. The smallest absolute Gasteiger partial charge is 0.436 e. The standard InChI is InChI=1S/C11H8ClF3N2O/c1-2-18-6-3-4-7-8(5-6)16-9(10(12)17-7)11(13,14)15/h3-5H,2H2,1H3. The molecular weight excluding hydrogens is 269 g/mol. The van der Waals surface area contributed by atoms with E-state index in [-0.39, 0.29) is 11.0 Å². The third kappa shape index (κ3) is 2.48. The van der Waals surface area contributed by atoms with Crippen molar-refractivity contribution in [2.24, 2.45) is 0 Å². The van der Waals surface area contributed by atoms with Crippen molar-refractivity contribution in [2.75, 3.05) is 6.61 Å². The summed E-state index contributed by atoms with van der Waals surface area (Å²) in [5, 5.41) is -0.654. The van der Waals surface area contributed by atoms with Crippen molar-refractivity contribution in [2.45, 2.75) is 13.1 Å². The van der Waals surface area contributed by atoms with Gasteiger partial charge in [-0.3, -0.25) is 0 Å². The van der Waals surface area contributed by atoms with E-state index in [4.69, 9.17) is 16.3 Å². The number of ether oxygens (including phenoxy) is 1. The molecule has 0 saturated carbocycles. The number of rotatable bonds is 2. The summed E-state index contributed by atoms with van der Waals surface area (Å²) in [6.07, 6.45) is -4.63. The fraction of sp³-hybridized carbons (Fsp3) is 0.273. The van der Waals surface area contributed by atoms with Crippen LogP contribution in [-0.2, 0) is 6.18 Å². The Hall–Kier alpha value is -1.56. The van der Waals surface area contributed by atoms with E-state index in [0.29, 0.717) is 12.4 Å². The van der Waals surface area contributed by atoms with Crippen molar-refractivity contribution < 1.29 is 17.9 Å². The van der Waals surface area contributed by atoms with E-state index >= 15 is 0 Å². The first-order chi connectivity index (χ1) is 8.41. The van der Waals surface area contributed by atoms with Crippen LogP contribution in [0.2, 0.25) is 5.15 Å². The molecule has 0 N–H and O–H groups in total. The zero-order valence-electron chi connectivity index (χ0n) is 9.25. The Morgan fingerprint density at radius 3 is 2.56 bits per heavy atom. The molecule has 1 aromatic heterocycles. The Balaban J connectivity index is 2.60. The monoisotopic (exact) mass is 276 g/mol. The largest absolute Gasteiger partial charge is 0.494 e. The quantitative estimate of drug-likeness (QED) is 0.839. The van der Waals surface area contributed by atoms with Crippen LogP contribution >= 0.6 is 11.6 Å². The molecule has 2 aromatic rings. The molecule has 18 heavy (non-hydrogen) atoms. The molecule has 0 atom stereocenters. The fourth-order valence-corrected chi connectivity index (χ4v) is 1.69. The lowest BCUT2D eigenvalue weighted by Crippen LogP contribution is -2.10. The van der Waals surface area contributed by atoms with Crippen LogP contribution in [0.25, 0.3) is 11.0 Å². The Bertz CT molecular complexity index is 586. The average Bonchev–Trinajstić information content (AvgIpc) is 2.27. The molecule has 0 unspecified atom stereocenters. The number of halogens is 4. The molecule has 1 heterocycles. The van der Waals surface area contributed by atoms with E-state index in [1.54, 1.807) is 13.0 Å². The summed E-state index contributed by atoms with van der Waals surface area (Å²) < 4.78 is 43.0. The second-order valence-electron chi connectivity index (χ2n) is 3.44. The van der Waals surface area contributed by atoms with Crippen LogP contribution in [0.15, 0.2) is 18.2 Å². The van der Waals surface area contributed by atoms with Crippen LogP contribution in [0.4, 0.5) is 13.2 Å². The molecule has 0 aliphatic rings. The topological polar surface area (TPSA) is 35.0 Å². The third-order valence-electron chi connectivity index (χ3n) is 2.17. The van der Waals surface area contributed by atoms with Crippen LogP contribution in [-0.4, -0.2) is 16.6 Å². The average molecular weight is 277 g/mol. The van der Waals surface area contributed by atoms with Crippen LogP contribution < -0.4 is 4.74 Å². The molecule has 0 fully saturated rings. The first kappa shape index (κ1) is 12.9. The number of nitrogens with zero attached hydrogens (tertiary/aromatic N) is 2. The predicted octanol–water partition coefficient (Wildman–Crippen LogP) is 3.70. The van der Waals surface area contributed by atoms with Gasteiger partial charge in [0.1, 0.15) is 5.75 Å². The summed E-state index contributed by atoms with van der Waals surface area (Å²) in [4.78, 5) is 7.16. The molecule has 96 valence electrons. The summed E-state index contributed by atoms with van der Waals surface area (Å²) in [7, 11) is 0. The minimum Gasteiger partial charge on any atom is -0.494 e. The lowest BCUT2D eigenvalue weighted by molar-refractivity contribution is -0.141. The molecule has 2 rings (SSSR count). The second-order valence-corrected chi connectivity index (χ2v) is 3.80. The number of benzene rings is 1. The Morgan fingerprint density at radius 1 is 1.22 bits per heavy atom. The van der Waals surface area contributed by atoms with Gasteiger partial charge in [0.2, 0.25) is 0 Å². The van der Waals surface area contributed by atoms with Crippen molar-refractivity contribution in [3.05, 3.63) is 29.0 Å². The summed E-state index contributed by atoms with van der Waals surface area (Å²) in [6, 6.07) is 4.51. The summed E-state index contributed by atoms with van der Waals surface area (Å²) >= 11 is 5.46. The maximum Gasteiger partial charge on any atom is 0.436 e. The predicted molar refractivity (Wildman–Crippen MR) is 60.7 cm³/mol. The van der Waals surface area contributed by atoms with E-state index < -0.39 is 17.0 Å². The zero-order valence-corrected chi connectivity index (χ0v) is 10.0. The maximum absolute atomic E-state index is 12.6. The minimum absolute atomic E-state index is 0.0951. The van der Waals surface area contributed by atoms with Crippen molar-refractivity contribution in [3.63, 3.8) is 0 Å². The van der Waals surface area contributed by atoms with Crippen LogP contribution in [0, 0.1) is 0 Å². The lowest BCUT2D eigenvalue weighted by atomic mass is 10.2. The molecular formula is C11H8ClF3N2O. The molecule has 1 aromatic carbocycles. The number of fused-ring (bicyclic) bond motifs is 1. The van der Waals surface area contributed by atoms with Crippen molar-refractivity contribution >= 4 is 22.6 Å². The molecule has 0 aliphatic carbocycles. The molecule has 0 radical (unpaired) electrons. The highest BCUT2D eigenvalue weighted by atomic mass is 35.5. The Kier molecular flexibility index (Phi) is 3.30. The first-order valence-corrected chi connectivity index (χ1v) is 5.47. The highest BCUT2D eigenvalue weighted by Crippen LogP contribution is 2.33. The summed E-state index contributed by atoms with van der Waals surface area (Å²) in [5.74, 6) is 0.440. The highest BCUT2D eigenvalue weighted by Gasteiger charge is 2.36. The van der Waals surface area contributed by atoms with E-state index in [0.717, 1.165) is 0 Å². The Labute approximate surface area is 106 Å². The number of aromatic nitrogens is 2. The van der Waals surface area contributed by atoms with E-state index in [1.807, 2.05) is 0 Å². The van der Waals surface area contributed by atoms with Gasteiger partial charge in [0.25, 0.3) is 0 Å². The van der Waals surface area contributed by atoms with E-state index in [2.05, 4.69) is 9.97 Å². The molecule has 0 bridgehead atoms. The van der Waals surface area contributed by atoms with Gasteiger partial charge in [0, 0.05) is 6.07 Å². The van der Waals surface area contributed by atoms with E-state index in [9.17, 15) is 13.2 Å². The van der Waals surface area contributed by atoms with Crippen LogP contribution in [0.1, 0.15) is 12.6 Å². The van der Waals surface area contributed by atoms with Gasteiger partial charge in [0.05, 0.1) is 17.6 Å². The molecule has 7 heteroatoms. The van der Waals surface area contributed by atoms with Gasteiger partial charge in [-0.25, -0.2) is 9.97 Å². The number of hydrogen-bond donors (Lipinski definition) is 0. The number of alkyl halides is 3. The van der Waals surface area contributed by atoms with Crippen molar-refractivity contribution in [3.8, 4) is 5.75 Å². The van der Waals surface area contributed by atoms with Gasteiger partial charge >= 0.3 is 6.18 Å². The highest BCUT2D eigenvalue weighted by molar-refractivity contribution is 6.30. The van der Waals surface area contributed by atoms with Crippen molar-refractivity contribution in [1.29, 1.82) is 0 Å². The minimum atomic E-state index is -4.63. The molecule has 0 spiro atoms. The molecule has 0 amide bonds. The van der Waals surface area contributed by atoms with Gasteiger partial charge in [0.15, 0.2) is 10.8 Å². The normalized spacial score (nSPS) is 11.8. The van der Waals surface area contributed by atoms with Crippen LogP contribution in [0.3, 0.4) is 0 Å². The maximum atomic E-state index is 12.6. The third-order valence-corrected chi connectivity index (χ3v) is 2.44. The molecule has 3 nitrogen and oxygen atoms in total. The van der Waals surface area contributed by atoms with Crippen molar-refractivity contribution in [1.82, 2.24) is 9.97 Å². The van der Waals surface area contributed by atoms with Gasteiger partial charge in [-0.05, 0) is 19.1 Å². The van der Waals surface area contributed by atoms with E-state index in [1.165, 1.54) is 12.1 Å². The molecule has 0 aliphatic heterocycles. The Morgan fingerprint density at radius 2 is 1.94 bits per heavy atom. The lowest BCUT2D eigenvalue weighted by Gasteiger charge is -2.09.